The Labute approximate surface area is 169 Å². The summed E-state index contributed by atoms with van der Waals surface area (Å²) in [5.41, 5.74) is 2.13. The van der Waals surface area contributed by atoms with Crippen molar-refractivity contribution in [3.63, 3.8) is 0 Å². The van der Waals surface area contributed by atoms with Gasteiger partial charge in [0.1, 0.15) is 11.5 Å². The van der Waals surface area contributed by atoms with Crippen molar-refractivity contribution in [2.45, 2.75) is 13.0 Å². The number of carbonyl (C=O) groups is 2. The lowest BCUT2D eigenvalue weighted by atomic mass is 10.1. The van der Waals surface area contributed by atoms with Gasteiger partial charge < -0.3 is 20.5 Å². The Morgan fingerprint density at radius 2 is 1.69 bits per heavy atom. The smallest absolute Gasteiger partial charge is 0.255 e. The van der Waals surface area contributed by atoms with Gasteiger partial charge in [-0.05, 0) is 55.0 Å². The largest absolute Gasteiger partial charge is 0.507 e. The summed E-state index contributed by atoms with van der Waals surface area (Å²) < 4.78 is 5.11. The van der Waals surface area contributed by atoms with Crippen molar-refractivity contribution in [3.05, 3.63) is 89.5 Å². The molecular weight excluding hydrogens is 368 g/mol. The van der Waals surface area contributed by atoms with Crippen molar-refractivity contribution < 1.29 is 19.4 Å². The Morgan fingerprint density at radius 1 is 0.931 bits per heavy atom. The maximum Gasteiger partial charge on any atom is 0.255 e. The standard InChI is InChI=1S/C23H22N2O4/c1-15(24-23(28)20-14-19(29-2)11-12-21(20)26)17-9-6-10-18(13-17)25-22(27)16-7-4-3-5-8-16/h3-15,26H,1-2H3,(H,24,28)(H,25,27). The monoisotopic (exact) mass is 390 g/mol. The predicted molar refractivity (Wildman–Crippen MR) is 111 cm³/mol. The van der Waals surface area contributed by atoms with Crippen molar-refractivity contribution in [2.75, 3.05) is 12.4 Å². The van der Waals surface area contributed by atoms with E-state index in [-0.39, 0.29) is 23.3 Å². The van der Waals surface area contributed by atoms with E-state index in [0.717, 1.165) is 5.56 Å². The van der Waals surface area contributed by atoms with Crippen molar-refractivity contribution in [3.8, 4) is 11.5 Å². The Bertz CT molecular complexity index is 1020. The van der Waals surface area contributed by atoms with Gasteiger partial charge >= 0.3 is 0 Å². The maximum atomic E-state index is 12.6. The lowest BCUT2D eigenvalue weighted by Crippen LogP contribution is -2.26. The molecule has 0 aliphatic carbocycles. The Hall–Kier alpha value is -3.80. The van der Waals surface area contributed by atoms with Crippen molar-refractivity contribution in [1.82, 2.24) is 5.32 Å². The molecule has 0 spiro atoms. The van der Waals surface area contributed by atoms with E-state index in [0.29, 0.717) is 17.0 Å². The number of hydrogen-bond acceptors (Lipinski definition) is 4. The van der Waals surface area contributed by atoms with Crippen LogP contribution in [0.5, 0.6) is 11.5 Å². The number of rotatable bonds is 6. The van der Waals surface area contributed by atoms with Gasteiger partial charge in [-0.3, -0.25) is 9.59 Å². The summed E-state index contributed by atoms with van der Waals surface area (Å²) in [5.74, 6) is -0.279. The minimum Gasteiger partial charge on any atom is -0.507 e. The molecule has 29 heavy (non-hydrogen) atoms. The number of carbonyl (C=O) groups excluding carboxylic acids is 2. The first-order chi connectivity index (χ1) is 14.0. The highest BCUT2D eigenvalue weighted by Gasteiger charge is 2.16. The van der Waals surface area contributed by atoms with Gasteiger partial charge in [0.15, 0.2) is 0 Å². The van der Waals surface area contributed by atoms with Crippen LogP contribution in [0.4, 0.5) is 5.69 Å². The molecule has 1 unspecified atom stereocenters. The summed E-state index contributed by atoms with van der Waals surface area (Å²) in [6.07, 6.45) is 0. The van der Waals surface area contributed by atoms with E-state index in [9.17, 15) is 14.7 Å². The summed E-state index contributed by atoms with van der Waals surface area (Å²) in [5, 5.41) is 15.7. The first-order valence-corrected chi connectivity index (χ1v) is 9.12. The molecule has 3 aromatic carbocycles. The summed E-state index contributed by atoms with van der Waals surface area (Å²) in [6.45, 7) is 1.83. The average Bonchev–Trinajstić information content (AvgIpc) is 2.74. The number of aromatic hydroxyl groups is 1. The normalized spacial score (nSPS) is 11.4. The molecule has 1 atom stereocenters. The molecule has 0 aromatic heterocycles. The van der Waals surface area contributed by atoms with Crippen LogP contribution >= 0.6 is 0 Å². The summed E-state index contributed by atoms with van der Waals surface area (Å²) in [7, 11) is 1.49. The SMILES string of the molecule is COc1ccc(O)c(C(=O)NC(C)c2cccc(NC(=O)c3ccccc3)c2)c1. The van der Waals surface area contributed by atoms with Gasteiger partial charge in [-0.2, -0.15) is 0 Å². The molecule has 148 valence electrons. The number of amides is 2. The molecule has 0 aliphatic rings. The molecule has 0 radical (unpaired) electrons. The molecule has 0 fully saturated rings. The fourth-order valence-corrected chi connectivity index (χ4v) is 2.86. The quantitative estimate of drug-likeness (QED) is 0.590. The molecule has 0 aliphatic heterocycles. The van der Waals surface area contributed by atoms with Gasteiger partial charge in [-0.1, -0.05) is 30.3 Å². The van der Waals surface area contributed by atoms with Gasteiger partial charge in [-0.25, -0.2) is 0 Å². The Morgan fingerprint density at radius 3 is 2.41 bits per heavy atom. The first kappa shape index (κ1) is 19.9. The van der Waals surface area contributed by atoms with Crippen LogP contribution in [0.25, 0.3) is 0 Å². The van der Waals surface area contributed by atoms with E-state index < -0.39 is 5.91 Å². The highest BCUT2D eigenvalue weighted by Crippen LogP contribution is 2.24. The van der Waals surface area contributed by atoms with E-state index in [2.05, 4.69) is 10.6 Å². The topological polar surface area (TPSA) is 87.7 Å². The van der Waals surface area contributed by atoms with Crippen molar-refractivity contribution >= 4 is 17.5 Å². The van der Waals surface area contributed by atoms with Crippen LogP contribution in [-0.2, 0) is 0 Å². The second-order valence-electron chi connectivity index (χ2n) is 6.52. The molecule has 0 saturated heterocycles. The van der Waals surface area contributed by atoms with Crippen LogP contribution in [0, 0.1) is 0 Å². The molecule has 0 saturated carbocycles. The molecule has 0 heterocycles. The van der Waals surface area contributed by atoms with Gasteiger partial charge in [-0.15, -0.1) is 0 Å². The molecule has 3 aromatic rings. The second-order valence-corrected chi connectivity index (χ2v) is 6.52. The number of hydrogen-bond donors (Lipinski definition) is 3. The minimum atomic E-state index is -0.423. The van der Waals surface area contributed by atoms with Crippen LogP contribution in [-0.4, -0.2) is 24.0 Å². The van der Waals surface area contributed by atoms with E-state index in [1.807, 2.05) is 25.1 Å². The van der Waals surface area contributed by atoms with Crippen LogP contribution in [0.15, 0.2) is 72.8 Å². The highest BCUT2D eigenvalue weighted by molar-refractivity contribution is 6.04. The third-order valence-corrected chi connectivity index (χ3v) is 4.48. The van der Waals surface area contributed by atoms with Crippen LogP contribution in [0.2, 0.25) is 0 Å². The lowest BCUT2D eigenvalue weighted by molar-refractivity contribution is 0.0936. The predicted octanol–water partition coefficient (Wildman–Crippen LogP) is 4.14. The zero-order chi connectivity index (χ0) is 20.8. The third kappa shape index (κ3) is 4.93. The number of nitrogens with one attached hydrogen (secondary N) is 2. The van der Waals surface area contributed by atoms with Gasteiger partial charge in [0, 0.05) is 11.3 Å². The van der Waals surface area contributed by atoms with E-state index in [1.54, 1.807) is 42.5 Å². The zero-order valence-corrected chi connectivity index (χ0v) is 16.2. The van der Waals surface area contributed by atoms with Gasteiger partial charge in [0.25, 0.3) is 11.8 Å². The molecule has 2 amide bonds. The third-order valence-electron chi connectivity index (χ3n) is 4.48. The van der Waals surface area contributed by atoms with Crippen LogP contribution in [0.1, 0.15) is 39.2 Å². The molecule has 3 rings (SSSR count). The van der Waals surface area contributed by atoms with Crippen LogP contribution in [0.3, 0.4) is 0 Å². The van der Waals surface area contributed by atoms with E-state index in [4.69, 9.17) is 4.74 Å². The molecule has 0 bridgehead atoms. The fraction of sp³-hybridized carbons (Fsp3) is 0.130. The number of benzene rings is 3. The molecular formula is C23H22N2O4. The first-order valence-electron chi connectivity index (χ1n) is 9.12. The van der Waals surface area contributed by atoms with Crippen LogP contribution < -0.4 is 15.4 Å². The van der Waals surface area contributed by atoms with E-state index >= 15 is 0 Å². The molecule has 3 N–H and O–H groups in total. The number of phenolic OH excluding ortho intramolecular Hbond substituents is 1. The van der Waals surface area contributed by atoms with Crippen molar-refractivity contribution in [1.29, 1.82) is 0 Å². The molecule has 6 nitrogen and oxygen atoms in total. The van der Waals surface area contributed by atoms with E-state index in [1.165, 1.54) is 19.2 Å². The Balaban J connectivity index is 1.71. The second kappa shape index (κ2) is 8.93. The highest BCUT2D eigenvalue weighted by atomic mass is 16.5. The zero-order valence-electron chi connectivity index (χ0n) is 16.2. The summed E-state index contributed by atoms with van der Waals surface area (Å²) >= 11 is 0. The lowest BCUT2D eigenvalue weighted by Gasteiger charge is -2.16. The Kier molecular flexibility index (Phi) is 6.14. The summed E-state index contributed by atoms with van der Waals surface area (Å²) in [6, 6.07) is 20.3. The number of methoxy groups -OCH3 is 1. The average molecular weight is 390 g/mol. The minimum absolute atomic E-state index is 0.126. The van der Waals surface area contributed by atoms with Gasteiger partial charge in [0.2, 0.25) is 0 Å². The number of ether oxygens (including phenoxy) is 1. The number of anilines is 1. The van der Waals surface area contributed by atoms with Crippen molar-refractivity contribution in [2.24, 2.45) is 0 Å². The number of phenols is 1. The maximum absolute atomic E-state index is 12.6. The fourth-order valence-electron chi connectivity index (χ4n) is 2.86. The summed E-state index contributed by atoms with van der Waals surface area (Å²) in [4.78, 5) is 24.9. The van der Waals surface area contributed by atoms with Gasteiger partial charge in [0.05, 0.1) is 18.7 Å². The molecule has 6 heteroatoms.